The second-order valence-corrected chi connectivity index (χ2v) is 8.63. The summed E-state index contributed by atoms with van der Waals surface area (Å²) >= 11 is 0. The molecule has 1 aromatic carbocycles. The third-order valence-corrected chi connectivity index (χ3v) is 6.70. The van der Waals surface area contributed by atoms with E-state index in [0.29, 0.717) is 23.5 Å². The summed E-state index contributed by atoms with van der Waals surface area (Å²) in [6.07, 6.45) is 5.06. The van der Waals surface area contributed by atoms with Gasteiger partial charge in [0.05, 0.1) is 16.6 Å². The van der Waals surface area contributed by atoms with Gasteiger partial charge in [-0.25, -0.2) is 13.4 Å². The lowest BCUT2D eigenvalue weighted by atomic mass is 9.98. The molecule has 4 rings (SSSR count). The van der Waals surface area contributed by atoms with Gasteiger partial charge in [-0.05, 0) is 44.0 Å². The van der Waals surface area contributed by atoms with Crippen LogP contribution >= 0.6 is 0 Å². The minimum atomic E-state index is -3.68. The van der Waals surface area contributed by atoms with Gasteiger partial charge in [0.1, 0.15) is 16.2 Å². The first-order valence-corrected chi connectivity index (χ1v) is 10.2. The zero-order valence-electron chi connectivity index (χ0n) is 14.3. The average Bonchev–Trinajstić information content (AvgIpc) is 3.02. The number of pyridine rings is 1. The van der Waals surface area contributed by atoms with Gasteiger partial charge in [0, 0.05) is 18.8 Å². The number of hydrogen-bond acceptors (Lipinski definition) is 5. The molecule has 3 heterocycles. The average molecular weight is 371 g/mol. The Kier molecular flexibility index (Phi) is 4.42. The van der Waals surface area contributed by atoms with E-state index in [2.05, 4.69) is 10.3 Å². The first kappa shape index (κ1) is 17.1. The van der Waals surface area contributed by atoms with E-state index in [9.17, 15) is 13.5 Å². The highest BCUT2D eigenvalue weighted by Gasteiger charge is 2.25. The highest BCUT2D eigenvalue weighted by molar-refractivity contribution is 7.91. The topological polar surface area (TPSA) is 84.2 Å². The van der Waals surface area contributed by atoms with E-state index in [-0.39, 0.29) is 15.5 Å². The van der Waals surface area contributed by atoms with E-state index in [0.717, 1.165) is 25.9 Å². The Morgan fingerprint density at radius 1 is 1.19 bits per heavy atom. The molecule has 2 N–H and O–H groups in total. The number of nitrogens with zero attached hydrogens (tertiary/aromatic N) is 2. The van der Waals surface area contributed by atoms with Crippen LogP contribution in [0.15, 0.2) is 58.6 Å². The number of nitrogens with one attached hydrogen (secondary N) is 1. The van der Waals surface area contributed by atoms with Crippen LogP contribution in [0.2, 0.25) is 0 Å². The molecule has 1 fully saturated rings. The molecule has 7 heteroatoms. The van der Waals surface area contributed by atoms with Crippen LogP contribution in [0.3, 0.4) is 0 Å². The third kappa shape index (κ3) is 3.08. The van der Waals surface area contributed by atoms with Crippen LogP contribution in [0.4, 0.5) is 0 Å². The monoisotopic (exact) mass is 371 g/mol. The van der Waals surface area contributed by atoms with Crippen molar-refractivity contribution in [2.45, 2.75) is 29.2 Å². The minimum Gasteiger partial charge on any atom is -0.506 e. The fraction of sp³-hybridized carbons (Fsp3) is 0.316. The largest absolute Gasteiger partial charge is 0.506 e. The van der Waals surface area contributed by atoms with Gasteiger partial charge in [-0.15, -0.1) is 0 Å². The smallest absolute Gasteiger partial charge is 0.210 e. The molecule has 26 heavy (non-hydrogen) atoms. The van der Waals surface area contributed by atoms with Gasteiger partial charge in [-0.3, -0.25) is 0 Å². The van der Waals surface area contributed by atoms with Crippen LogP contribution in [0, 0.1) is 5.92 Å². The van der Waals surface area contributed by atoms with Crippen LogP contribution < -0.4 is 5.32 Å². The van der Waals surface area contributed by atoms with Crippen LogP contribution in [0.5, 0.6) is 5.75 Å². The van der Waals surface area contributed by atoms with E-state index in [1.54, 1.807) is 42.6 Å². The first-order chi connectivity index (χ1) is 12.6. The Bertz CT molecular complexity index is 1020. The molecule has 0 unspecified atom stereocenters. The predicted octanol–water partition coefficient (Wildman–Crippen LogP) is 2.57. The van der Waals surface area contributed by atoms with Crippen molar-refractivity contribution < 1.29 is 13.5 Å². The van der Waals surface area contributed by atoms with E-state index in [1.165, 1.54) is 6.20 Å². The molecular formula is C19H21N3O3S. The maximum atomic E-state index is 13.1. The summed E-state index contributed by atoms with van der Waals surface area (Å²) in [5, 5.41) is 13.2. The molecule has 1 aliphatic heterocycles. The van der Waals surface area contributed by atoms with Crippen molar-refractivity contribution in [3.63, 3.8) is 0 Å². The first-order valence-electron chi connectivity index (χ1n) is 8.74. The van der Waals surface area contributed by atoms with Crippen molar-refractivity contribution in [2.75, 3.05) is 13.1 Å². The lowest BCUT2D eigenvalue weighted by Crippen LogP contribution is -2.29. The zero-order valence-corrected chi connectivity index (χ0v) is 15.1. The van der Waals surface area contributed by atoms with Gasteiger partial charge >= 0.3 is 0 Å². The second-order valence-electron chi connectivity index (χ2n) is 6.72. The quantitative estimate of drug-likeness (QED) is 0.736. The molecule has 6 nitrogen and oxygen atoms in total. The van der Waals surface area contributed by atoms with Gasteiger partial charge in [-0.1, -0.05) is 18.2 Å². The molecule has 0 atom stereocenters. The van der Waals surface area contributed by atoms with Crippen molar-refractivity contribution in [1.29, 1.82) is 0 Å². The van der Waals surface area contributed by atoms with Gasteiger partial charge < -0.3 is 15.0 Å². The van der Waals surface area contributed by atoms with E-state index in [1.807, 2.05) is 4.57 Å². The fourth-order valence-corrected chi connectivity index (χ4v) is 4.99. The molecule has 0 spiro atoms. The number of benzene rings is 1. The second kappa shape index (κ2) is 6.74. The molecule has 0 saturated carbocycles. The van der Waals surface area contributed by atoms with Crippen LogP contribution in [-0.4, -0.2) is 36.2 Å². The number of sulfone groups is 1. The maximum absolute atomic E-state index is 13.1. The molecule has 0 aliphatic carbocycles. The Hall–Kier alpha value is -2.38. The molecule has 3 aromatic rings. The summed E-state index contributed by atoms with van der Waals surface area (Å²) in [7, 11) is -3.68. The summed E-state index contributed by atoms with van der Waals surface area (Å²) in [4.78, 5) is 4.66. The SMILES string of the molecule is O=S(=O)(c1ccccc1)c1cn(CC2CCNCC2)c2cc(O)cnc12. The number of piperidine rings is 1. The zero-order chi connectivity index (χ0) is 18.1. The molecule has 136 valence electrons. The van der Waals surface area contributed by atoms with E-state index < -0.39 is 9.84 Å². The Morgan fingerprint density at radius 3 is 2.65 bits per heavy atom. The van der Waals surface area contributed by atoms with Crippen molar-refractivity contribution >= 4 is 20.9 Å². The van der Waals surface area contributed by atoms with Crippen LogP contribution in [0.1, 0.15) is 12.8 Å². The van der Waals surface area contributed by atoms with Gasteiger partial charge in [0.25, 0.3) is 0 Å². The van der Waals surface area contributed by atoms with Gasteiger partial charge in [0.15, 0.2) is 0 Å². The Morgan fingerprint density at radius 2 is 1.92 bits per heavy atom. The molecule has 2 aromatic heterocycles. The highest BCUT2D eigenvalue weighted by atomic mass is 32.2. The van der Waals surface area contributed by atoms with Gasteiger partial charge in [-0.2, -0.15) is 0 Å². The summed E-state index contributed by atoms with van der Waals surface area (Å²) in [6, 6.07) is 9.97. The lowest BCUT2D eigenvalue weighted by molar-refractivity contribution is 0.336. The van der Waals surface area contributed by atoms with E-state index in [4.69, 9.17) is 0 Å². The van der Waals surface area contributed by atoms with Gasteiger partial charge in [0.2, 0.25) is 9.84 Å². The normalized spacial score (nSPS) is 16.2. The summed E-state index contributed by atoms with van der Waals surface area (Å²) < 4.78 is 28.1. The molecule has 0 amide bonds. The maximum Gasteiger partial charge on any atom is 0.210 e. The minimum absolute atomic E-state index is 0.0332. The highest BCUT2D eigenvalue weighted by Crippen LogP contribution is 2.31. The molecule has 0 radical (unpaired) electrons. The van der Waals surface area contributed by atoms with Crippen LogP contribution in [-0.2, 0) is 16.4 Å². The fourth-order valence-electron chi connectivity index (χ4n) is 3.54. The summed E-state index contributed by atoms with van der Waals surface area (Å²) in [5.74, 6) is 0.507. The van der Waals surface area contributed by atoms with Crippen molar-refractivity contribution in [1.82, 2.24) is 14.9 Å². The summed E-state index contributed by atoms with van der Waals surface area (Å²) in [6.45, 7) is 2.67. The Balaban J connectivity index is 1.83. The Labute approximate surface area is 152 Å². The standard InChI is InChI=1S/C19H21N3O3S/c23-15-10-17-19(21-11-15)18(26(24,25)16-4-2-1-3-5-16)13-22(17)12-14-6-8-20-9-7-14/h1-5,10-11,13-14,20,23H,6-9,12H2. The number of hydrogen-bond donors (Lipinski definition) is 2. The number of aromatic hydroxyl groups is 1. The number of fused-ring (bicyclic) bond motifs is 1. The lowest BCUT2D eigenvalue weighted by Gasteiger charge is -2.23. The summed E-state index contributed by atoms with van der Waals surface area (Å²) in [5.41, 5.74) is 1.05. The number of rotatable bonds is 4. The van der Waals surface area contributed by atoms with E-state index >= 15 is 0 Å². The number of aromatic nitrogens is 2. The van der Waals surface area contributed by atoms with Crippen molar-refractivity contribution in [2.24, 2.45) is 5.92 Å². The molecule has 1 saturated heterocycles. The predicted molar refractivity (Wildman–Crippen MR) is 98.9 cm³/mol. The van der Waals surface area contributed by atoms with Crippen molar-refractivity contribution in [3.05, 3.63) is 48.8 Å². The third-order valence-electron chi connectivity index (χ3n) is 4.93. The van der Waals surface area contributed by atoms with Crippen LogP contribution in [0.25, 0.3) is 11.0 Å². The van der Waals surface area contributed by atoms with Crippen molar-refractivity contribution in [3.8, 4) is 5.75 Å². The molecule has 0 bridgehead atoms. The molecular weight excluding hydrogens is 350 g/mol. The molecule has 1 aliphatic rings.